The molecule has 2 aromatic carbocycles. The molecule has 0 aliphatic rings. The first-order valence-electron chi connectivity index (χ1n) is 10.9. The van der Waals surface area contributed by atoms with E-state index in [1.807, 2.05) is 0 Å². The molecule has 0 saturated carbocycles. The van der Waals surface area contributed by atoms with Gasteiger partial charge < -0.3 is 23.7 Å². The second-order valence-electron chi connectivity index (χ2n) is 7.19. The number of nitrogens with one attached hydrogen (secondary N) is 2. The summed E-state index contributed by atoms with van der Waals surface area (Å²) >= 11 is 0. The van der Waals surface area contributed by atoms with Gasteiger partial charge >= 0.3 is 12.2 Å². The van der Waals surface area contributed by atoms with Crippen molar-refractivity contribution >= 4 is 35.1 Å². The van der Waals surface area contributed by atoms with E-state index >= 15 is 0 Å². The third kappa shape index (κ3) is 8.82. The number of carbonyl (C=O) groups is 4. The van der Waals surface area contributed by atoms with Gasteiger partial charge in [-0.05, 0) is 24.3 Å². The lowest BCUT2D eigenvalue weighted by atomic mass is 10.1. The second kappa shape index (κ2) is 14.7. The number of amides is 2. The van der Waals surface area contributed by atoms with Gasteiger partial charge in [-0.3, -0.25) is 20.2 Å². The Hall–Kier alpha value is -4.64. The standard InChI is InChI=1S/C26H28N2O9/c1-5-11-36-23-13-17(27-25(31)33-3)7-9-19(23)21(29)15-35-16-22(30)20-10-8-18(28-26(32)34-4)14-24(20)37-12-6-2/h5-10,13-14H,1-2,11-12,15-16H2,3-4H3,(H,27,31)(H,28,32). The molecular formula is C26H28N2O9. The molecular weight excluding hydrogens is 484 g/mol. The van der Waals surface area contributed by atoms with Crippen molar-refractivity contribution in [2.24, 2.45) is 0 Å². The lowest BCUT2D eigenvalue weighted by Gasteiger charge is -2.13. The summed E-state index contributed by atoms with van der Waals surface area (Å²) in [5.74, 6) is -0.500. The number of ether oxygens (including phenoxy) is 5. The minimum absolute atomic E-state index is 0.121. The van der Waals surface area contributed by atoms with Crippen molar-refractivity contribution in [3.63, 3.8) is 0 Å². The van der Waals surface area contributed by atoms with Crippen LogP contribution in [-0.4, -0.2) is 64.4 Å². The fourth-order valence-corrected chi connectivity index (χ4v) is 2.93. The van der Waals surface area contributed by atoms with E-state index in [2.05, 4.69) is 33.3 Å². The number of methoxy groups -OCH3 is 2. The van der Waals surface area contributed by atoms with Crippen LogP contribution in [0.1, 0.15) is 20.7 Å². The molecule has 0 heterocycles. The van der Waals surface area contributed by atoms with E-state index in [9.17, 15) is 19.2 Å². The van der Waals surface area contributed by atoms with Crippen LogP contribution in [0.15, 0.2) is 61.7 Å². The van der Waals surface area contributed by atoms with Crippen LogP contribution in [0.2, 0.25) is 0 Å². The zero-order chi connectivity index (χ0) is 27.2. The van der Waals surface area contributed by atoms with Gasteiger partial charge in [0.25, 0.3) is 0 Å². The van der Waals surface area contributed by atoms with Crippen molar-refractivity contribution < 1.29 is 42.9 Å². The number of ketones is 2. The Morgan fingerprint density at radius 2 is 1.14 bits per heavy atom. The van der Waals surface area contributed by atoms with Gasteiger partial charge in [0.15, 0.2) is 11.6 Å². The predicted molar refractivity (Wildman–Crippen MR) is 136 cm³/mol. The third-order valence-electron chi connectivity index (χ3n) is 4.61. The highest BCUT2D eigenvalue weighted by Gasteiger charge is 2.18. The van der Waals surface area contributed by atoms with Crippen LogP contribution in [0.4, 0.5) is 21.0 Å². The van der Waals surface area contributed by atoms with Gasteiger partial charge in [-0.25, -0.2) is 9.59 Å². The number of anilines is 2. The first kappa shape index (κ1) is 28.6. The number of hydrogen-bond donors (Lipinski definition) is 2. The zero-order valence-electron chi connectivity index (χ0n) is 20.5. The molecule has 0 aromatic heterocycles. The number of rotatable bonds is 14. The second-order valence-corrected chi connectivity index (χ2v) is 7.19. The molecule has 11 nitrogen and oxygen atoms in total. The zero-order valence-corrected chi connectivity index (χ0v) is 20.5. The maximum absolute atomic E-state index is 12.8. The Morgan fingerprint density at radius 3 is 1.49 bits per heavy atom. The van der Waals surface area contributed by atoms with Crippen LogP contribution in [-0.2, 0) is 14.2 Å². The predicted octanol–water partition coefficient (Wildman–Crippen LogP) is 4.26. The van der Waals surface area contributed by atoms with E-state index in [0.29, 0.717) is 11.4 Å². The van der Waals surface area contributed by atoms with Gasteiger partial charge in [0.05, 0.1) is 25.3 Å². The van der Waals surface area contributed by atoms with E-state index in [1.165, 1.54) is 62.8 Å². The van der Waals surface area contributed by atoms with Crippen LogP contribution >= 0.6 is 0 Å². The van der Waals surface area contributed by atoms with E-state index in [-0.39, 0.29) is 35.8 Å². The fraction of sp³-hybridized carbons (Fsp3) is 0.231. The first-order chi connectivity index (χ1) is 17.8. The normalized spacial score (nSPS) is 10.0. The molecule has 0 unspecified atom stereocenters. The van der Waals surface area contributed by atoms with E-state index in [1.54, 1.807) is 0 Å². The summed E-state index contributed by atoms with van der Waals surface area (Å²) in [7, 11) is 2.45. The summed E-state index contributed by atoms with van der Waals surface area (Å²) in [6.07, 6.45) is 1.64. The van der Waals surface area contributed by atoms with Crippen LogP contribution in [0.25, 0.3) is 0 Å². The van der Waals surface area contributed by atoms with Gasteiger partial charge in [-0.15, -0.1) is 0 Å². The van der Waals surface area contributed by atoms with E-state index in [0.717, 1.165) is 0 Å². The number of Topliss-reactive ketones (excluding diaryl/α,β-unsaturated/α-hetero) is 2. The van der Waals surface area contributed by atoms with Crippen molar-refractivity contribution in [1.29, 1.82) is 0 Å². The number of benzene rings is 2. The van der Waals surface area contributed by atoms with Gasteiger partial charge in [0, 0.05) is 23.5 Å². The molecule has 0 saturated heterocycles. The Kier molecular flexibility index (Phi) is 11.4. The van der Waals surface area contributed by atoms with Crippen molar-refractivity contribution in [3.05, 3.63) is 72.8 Å². The van der Waals surface area contributed by atoms with E-state index < -0.39 is 37.0 Å². The fourth-order valence-electron chi connectivity index (χ4n) is 2.93. The Bertz CT molecular complexity index is 1070. The number of hydrogen-bond acceptors (Lipinski definition) is 9. The monoisotopic (exact) mass is 512 g/mol. The molecule has 37 heavy (non-hydrogen) atoms. The lowest BCUT2D eigenvalue weighted by molar-refractivity contribution is 0.0669. The van der Waals surface area contributed by atoms with Gasteiger partial charge in [-0.1, -0.05) is 25.3 Å². The number of carbonyl (C=O) groups excluding carboxylic acids is 4. The van der Waals surface area contributed by atoms with Crippen molar-refractivity contribution in [1.82, 2.24) is 0 Å². The summed E-state index contributed by atoms with van der Waals surface area (Å²) in [5.41, 5.74) is 1.10. The van der Waals surface area contributed by atoms with Crippen LogP contribution < -0.4 is 20.1 Å². The van der Waals surface area contributed by atoms with Crippen molar-refractivity contribution in [2.45, 2.75) is 0 Å². The van der Waals surface area contributed by atoms with Crippen LogP contribution in [0.3, 0.4) is 0 Å². The summed E-state index contributed by atoms with van der Waals surface area (Å²) in [6.45, 7) is 6.57. The average Bonchev–Trinajstić information content (AvgIpc) is 2.90. The van der Waals surface area contributed by atoms with Gasteiger partial charge in [-0.2, -0.15) is 0 Å². The largest absolute Gasteiger partial charge is 0.489 e. The molecule has 2 aromatic rings. The van der Waals surface area contributed by atoms with Crippen molar-refractivity contribution in [3.8, 4) is 11.5 Å². The molecule has 0 spiro atoms. The summed E-state index contributed by atoms with van der Waals surface area (Å²) < 4.78 is 25.6. The quantitative estimate of drug-likeness (QED) is 0.281. The molecule has 0 fully saturated rings. The molecule has 2 rings (SSSR count). The minimum atomic E-state index is -0.679. The van der Waals surface area contributed by atoms with Crippen LogP contribution in [0.5, 0.6) is 11.5 Å². The topological polar surface area (TPSA) is 138 Å². The molecule has 0 radical (unpaired) electrons. The Balaban J connectivity index is 2.10. The Morgan fingerprint density at radius 1 is 0.730 bits per heavy atom. The summed E-state index contributed by atoms with van der Waals surface area (Å²) in [6, 6.07) is 8.86. The molecule has 0 aliphatic carbocycles. The average molecular weight is 513 g/mol. The minimum Gasteiger partial charge on any atom is -0.489 e. The van der Waals surface area contributed by atoms with Gasteiger partial charge in [0.1, 0.15) is 37.9 Å². The molecule has 0 bridgehead atoms. The van der Waals surface area contributed by atoms with Crippen molar-refractivity contribution in [2.75, 3.05) is 51.3 Å². The molecule has 2 amide bonds. The third-order valence-corrected chi connectivity index (χ3v) is 4.61. The summed E-state index contributed by atoms with van der Waals surface area (Å²) in [4.78, 5) is 48.5. The molecule has 2 N–H and O–H groups in total. The highest BCUT2D eigenvalue weighted by molar-refractivity contribution is 6.02. The first-order valence-corrected chi connectivity index (χ1v) is 10.9. The smallest absolute Gasteiger partial charge is 0.411 e. The molecule has 0 aliphatic heterocycles. The molecule has 0 atom stereocenters. The molecule has 11 heteroatoms. The van der Waals surface area contributed by atoms with E-state index in [4.69, 9.17) is 14.2 Å². The Labute approximate surface area is 214 Å². The maximum atomic E-state index is 12.8. The van der Waals surface area contributed by atoms with Crippen LogP contribution in [0, 0.1) is 0 Å². The highest BCUT2D eigenvalue weighted by Crippen LogP contribution is 2.26. The van der Waals surface area contributed by atoms with Gasteiger partial charge in [0.2, 0.25) is 0 Å². The summed E-state index contributed by atoms with van der Waals surface area (Å²) in [5, 5.41) is 4.97. The SMILES string of the molecule is C=CCOc1cc(NC(=O)OC)ccc1C(=O)COCC(=O)c1ccc(NC(=O)OC)cc1OCC=C. The maximum Gasteiger partial charge on any atom is 0.411 e. The lowest BCUT2D eigenvalue weighted by Crippen LogP contribution is -2.17. The molecule has 196 valence electrons. The highest BCUT2D eigenvalue weighted by atomic mass is 16.5.